The first-order chi connectivity index (χ1) is 8.19. The van der Waals surface area contributed by atoms with Gasteiger partial charge in [-0.15, -0.1) is 11.6 Å². The Bertz CT molecular complexity index is 363. The van der Waals surface area contributed by atoms with Gasteiger partial charge < -0.3 is 4.74 Å². The van der Waals surface area contributed by atoms with E-state index in [2.05, 4.69) is 6.92 Å². The number of hydrogen-bond acceptors (Lipinski definition) is 2. The Balaban J connectivity index is 2.68. The Morgan fingerprint density at radius 3 is 2.82 bits per heavy atom. The molecule has 0 aliphatic rings. The zero-order chi connectivity index (χ0) is 12.7. The first-order valence-corrected chi connectivity index (χ1v) is 6.52. The Labute approximate surface area is 108 Å². The summed E-state index contributed by atoms with van der Waals surface area (Å²) in [5.74, 6) is 0.822. The summed E-state index contributed by atoms with van der Waals surface area (Å²) in [5, 5.41) is -0.560. The molecule has 1 atom stereocenters. The molecular weight excluding hydrogens is 236 g/mol. The molecule has 3 heteroatoms. The van der Waals surface area contributed by atoms with Crippen molar-refractivity contribution in [1.82, 2.24) is 0 Å². The standard InChI is InChI=1S/C14H19ClO2/c1-3-5-9-17-12-8-6-7-11(10-12)14(15)13(16)4-2/h6-8,10,14H,3-5,9H2,1-2H3. The lowest BCUT2D eigenvalue weighted by atomic mass is 10.1. The van der Waals surface area contributed by atoms with Crippen LogP contribution in [0.4, 0.5) is 0 Å². The number of ether oxygens (including phenoxy) is 1. The smallest absolute Gasteiger partial charge is 0.154 e. The Hall–Kier alpha value is -1.02. The first-order valence-electron chi connectivity index (χ1n) is 6.08. The van der Waals surface area contributed by atoms with Gasteiger partial charge in [0.2, 0.25) is 0 Å². The van der Waals surface area contributed by atoms with E-state index in [0.717, 1.165) is 24.2 Å². The largest absolute Gasteiger partial charge is 0.494 e. The molecule has 0 bridgehead atoms. The molecular formula is C14H19ClO2. The number of carbonyl (C=O) groups is 1. The van der Waals surface area contributed by atoms with Crippen LogP contribution in [0, 0.1) is 0 Å². The highest BCUT2D eigenvalue weighted by atomic mass is 35.5. The van der Waals surface area contributed by atoms with Crippen molar-refractivity contribution >= 4 is 17.4 Å². The average Bonchev–Trinajstić information content (AvgIpc) is 2.37. The average molecular weight is 255 g/mol. The number of benzene rings is 1. The van der Waals surface area contributed by atoms with Gasteiger partial charge in [-0.2, -0.15) is 0 Å². The van der Waals surface area contributed by atoms with Crippen LogP contribution in [0.2, 0.25) is 0 Å². The fraction of sp³-hybridized carbons (Fsp3) is 0.500. The molecule has 94 valence electrons. The van der Waals surface area contributed by atoms with Gasteiger partial charge in [0.25, 0.3) is 0 Å². The molecule has 0 heterocycles. The molecule has 1 aromatic carbocycles. The zero-order valence-electron chi connectivity index (χ0n) is 10.4. The number of carbonyl (C=O) groups excluding carboxylic acids is 1. The number of Topliss-reactive ketones (excluding diaryl/α,β-unsaturated/α-hetero) is 1. The third-order valence-corrected chi connectivity index (χ3v) is 3.04. The number of unbranched alkanes of at least 4 members (excludes halogenated alkanes) is 1. The van der Waals surface area contributed by atoms with E-state index in [1.165, 1.54) is 0 Å². The summed E-state index contributed by atoms with van der Waals surface area (Å²) in [6, 6.07) is 7.47. The molecule has 0 aliphatic heterocycles. The minimum Gasteiger partial charge on any atom is -0.494 e. The summed E-state index contributed by atoms with van der Waals surface area (Å²) in [6.07, 6.45) is 2.59. The summed E-state index contributed by atoms with van der Waals surface area (Å²) in [6.45, 7) is 4.64. The maximum Gasteiger partial charge on any atom is 0.154 e. The molecule has 0 N–H and O–H groups in total. The lowest BCUT2D eigenvalue weighted by molar-refractivity contribution is -0.118. The van der Waals surface area contributed by atoms with Crippen molar-refractivity contribution in [2.45, 2.75) is 38.5 Å². The highest BCUT2D eigenvalue weighted by Crippen LogP contribution is 2.26. The first kappa shape index (κ1) is 14.0. The highest BCUT2D eigenvalue weighted by molar-refractivity contribution is 6.31. The quantitative estimate of drug-likeness (QED) is 0.540. The summed E-state index contributed by atoms with van der Waals surface area (Å²) < 4.78 is 5.58. The summed E-state index contributed by atoms with van der Waals surface area (Å²) in [7, 11) is 0. The van der Waals surface area contributed by atoms with Crippen LogP contribution in [0.5, 0.6) is 5.75 Å². The Kier molecular flexibility index (Phi) is 6.06. The molecule has 0 amide bonds. The normalized spacial score (nSPS) is 12.2. The van der Waals surface area contributed by atoms with Gasteiger partial charge in [-0.05, 0) is 24.1 Å². The van der Waals surface area contributed by atoms with E-state index in [1.54, 1.807) is 0 Å². The van der Waals surface area contributed by atoms with E-state index in [1.807, 2.05) is 31.2 Å². The highest BCUT2D eigenvalue weighted by Gasteiger charge is 2.15. The van der Waals surface area contributed by atoms with Gasteiger partial charge >= 0.3 is 0 Å². The van der Waals surface area contributed by atoms with E-state index < -0.39 is 5.38 Å². The molecule has 1 aromatic rings. The van der Waals surface area contributed by atoms with Crippen LogP contribution in [0.25, 0.3) is 0 Å². The third kappa shape index (κ3) is 4.39. The molecule has 1 unspecified atom stereocenters. The predicted molar refractivity (Wildman–Crippen MR) is 70.7 cm³/mol. The minimum atomic E-state index is -0.560. The number of halogens is 1. The maximum absolute atomic E-state index is 11.5. The van der Waals surface area contributed by atoms with Crippen molar-refractivity contribution in [2.24, 2.45) is 0 Å². The van der Waals surface area contributed by atoms with Crippen LogP contribution in [0.15, 0.2) is 24.3 Å². The lowest BCUT2D eigenvalue weighted by Crippen LogP contribution is -2.05. The molecule has 1 rings (SSSR count). The molecule has 2 nitrogen and oxygen atoms in total. The molecule has 0 radical (unpaired) electrons. The van der Waals surface area contributed by atoms with E-state index in [9.17, 15) is 4.79 Å². The second-order valence-corrected chi connectivity index (χ2v) is 4.39. The van der Waals surface area contributed by atoms with Crippen LogP contribution in [-0.4, -0.2) is 12.4 Å². The predicted octanol–water partition coefficient (Wildman–Crippen LogP) is 4.12. The zero-order valence-corrected chi connectivity index (χ0v) is 11.2. The van der Waals surface area contributed by atoms with E-state index in [-0.39, 0.29) is 5.78 Å². The SMILES string of the molecule is CCCCOc1cccc(C(Cl)C(=O)CC)c1. The fourth-order valence-corrected chi connectivity index (χ4v) is 1.75. The number of alkyl halides is 1. The molecule has 17 heavy (non-hydrogen) atoms. The van der Waals surface area contributed by atoms with Crippen LogP contribution < -0.4 is 4.74 Å². The van der Waals surface area contributed by atoms with E-state index >= 15 is 0 Å². The van der Waals surface area contributed by atoms with Crippen LogP contribution in [0.3, 0.4) is 0 Å². The lowest BCUT2D eigenvalue weighted by Gasteiger charge is -2.10. The van der Waals surface area contributed by atoms with Crippen molar-refractivity contribution in [3.8, 4) is 5.75 Å². The van der Waals surface area contributed by atoms with Crippen molar-refractivity contribution in [2.75, 3.05) is 6.61 Å². The van der Waals surface area contributed by atoms with Gasteiger partial charge in [0, 0.05) is 6.42 Å². The summed E-state index contributed by atoms with van der Waals surface area (Å²) >= 11 is 6.09. The third-order valence-electron chi connectivity index (χ3n) is 2.55. The van der Waals surface area contributed by atoms with Gasteiger partial charge in [-0.3, -0.25) is 4.79 Å². The van der Waals surface area contributed by atoms with E-state index in [0.29, 0.717) is 13.0 Å². The van der Waals surface area contributed by atoms with Crippen molar-refractivity contribution in [3.05, 3.63) is 29.8 Å². The molecule has 0 spiro atoms. The number of hydrogen-bond donors (Lipinski definition) is 0. The van der Waals surface area contributed by atoms with Crippen LogP contribution in [0.1, 0.15) is 44.1 Å². The number of ketones is 1. The maximum atomic E-state index is 11.5. The van der Waals surface area contributed by atoms with Crippen molar-refractivity contribution < 1.29 is 9.53 Å². The molecule has 0 saturated heterocycles. The second kappa shape index (κ2) is 7.33. The fourth-order valence-electron chi connectivity index (χ4n) is 1.46. The van der Waals surface area contributed by atoms with Crippen molar-refractivity contribution in [1.29, 1.82) is 0 Å². The second-order valence-electron chi connectivity index (χ2n) is 3.96. The molecule has 0 fully saturated rings. The monoisotopic (exact) mass is 254 g/mol. The van der Waals surface area contributed by atoms with E-state index in [4.69, 9.17) is 16.3 Å². The van der Waals surface area contributed by atoms with Gasteiger partial charge in [-0.1, -0.05) is 32.4 Å². The van der Waals surface area contributed by atoms with Crippen molar-refractivity contribution in [3.63, 3.8) is 0 Å². The Morgan fingerprint density at radius 1 is 1.41 bits per heavy atom. The van der Waals surface area contributed by atoms with Crippen LogP contribution in [-0.2, 0) is 4.79 Å². The summed E-state index contributed by atoms with van der Waals surface area (Å²) in [4.78, 5) is 11.5. The van der Waals surface area contributed by atoms with Gasteiger partial charge in [0.15, 0.2) is 5.78 Å². The molecule has 0 saturated carbocycles. The van der Waals surface area contributed by atoms with Gasteiger partial charge in [0.05, 0.1) is 6.61 Å². The molecule has 0 aromatic heterocycles. The summed E-state index contributed by atoms with van der Waals surface area (Å²) in [5.41, 5.74) is 0.813. The molecule has 0 aliphatic carbocycles. The van der Waals surface area contributed by atoms with Gasteiger partial charge in [-0.25, -0.2) is 0 Å². The van der Waals surface area contributed by atoms with Gasteiger partial charge in [0.1, 0.15) is 11.1 Å². The Morgan fingerprint density at radius 2 is 2.18 bits per heavy atom. The minimum absolute atomic E-state index is 0.0392. The number of rotatable bonds is 7. The topological polar surface area (TPSA) is 26.3 Å². The van der Waals surface area contributed by atoms with Crippen LogP contribution >= 0.6 is 11.6 Å².